The molecule has 1 amide bonds. The Kier molecular flexibility index (Phi) is 2.05. The lowest BCUT2D eigenvalue weighted by Crippen LogP contribution is -2.28. The van der Waals surface area contributed by atoms with Crippen LogP contribution in [-0.4, -0.2) is 18.5 Å². The molecule has 3 N–H and O–H groups in total. The third-order valence-corrected chi connectivity index (χ3v) is 1.46. The summed E-state index contributed by atoms with van der Waals surface area (Å²) in [5, 5.41) is 3.13. The van der Waals surface area contributed by atoms with Gasteiger partial charge in [0.15, 0.2) is 0 Å². The van der Waals surface area contributed by atoms with Crippen molar-refractivity contribution in [1.29, 1.82) is 0 Å². The van der Waals surface area contributed by atoms with Gasteiger partial charge in [0.25, 0.3) is 0 Å². The molecule has 1 aliphatic rings. The smallest absolute Gasteiger partial charge is 0.222 e. The van der Waals surface area contributed by atoms with Crippen LogP contribution in [0.5, 0.6) is 0 Å². The van der Waals surface area contributed by atoms with Crippen LogP contribution < -0.4 is 11.1 Å². The number of nitrogens with two attached hydrogens (primary N) is 1. The highest BCUT2D eigenvalue weighted by atomic mass is 16.1. The SMILES string of the molecule is NC(=O)[CH]C1CCCN1. The molecule has 0 aromatic carbocycles. The molecule has 3 heteroatoms. The third-order valence-electron chi connectivity index (χ3n) is 1.46. The first kappa shape index (κ1) is 6.55. The lowest BCUT2D eigenvalue weighted by Gasteiger charge is -2.03. The van der Waals surface area contributed by atoms with E-state index in [1.807, 2.05) is 0 Å². The quantitative estimate of drug-likeness (QED) is 0.522. The molecule has 51 valence electrons. The zero-order valence-corrected chi connectivity index (χ0v) is 5.26. The topological polar surface area (TPSA) is 55.1 Å². The van der Waals surface area contributed by atoms with Crippen LogP contribution in [-0.2, 0) is 4.79 Å². The predicted octanol–water partition coefficient (Wildman–Crippen LogP) is -0.572. The van der Waals surface area contributed by atoms with Crippen molar-refractivity contribution in [2.24, 2.45) is 5.73 Å². The van der Waals surface area contributed by atoms with Crippen LogP contribution in [0.1, 0.15) is 12.8 Å². The molecule has 1 radical (unpaired) electrons. The maximum absolute atomic E-state index is 10.3. The second-order valence-electron chi connectivity index (χ2n) is 2.27. The molecule has 1 atom stereocenters. The van der Waals surface area contributed by atoms with Crippen LogP contribution in [0.25, 0.3) is 0 Å². The number of nitrogens with one attached hydrogen (secondary N) is 1. The summed E-state index contributed by atoms with van der Waals surface area (Å²) >= 11 is 0. The summed E-state index contributed by atoms with van der Waals surface area (Å²) in [5.74, 6) is -0.325. The van der Waals surface area contributed by atoms with Crippen molar-refractivity contribution in [2.45, 2.75) is 18.9 Å². The summed E-state index contributed by atoms with van der Waals surface area (Å²) in [6.45, 7) is 1.01. The Hall–Kier alpha value is -0.570. The fourth-order valence-corrected chi connectivity index (χ4v) is 1.05. The maximum Gasteiger partial charge on any atom is 0.222 e. The Bertz CT molecular complexity index is 108. The molecule has 0 bridgehead atoms. The lowest BCUT2D eigenvalue weighted by molar-refractivity contribution is -0.115. The second kappa shape index (κ2) is 2.82. The average molecular weight is 127 g/mol. The van der Waals surface area contributed by atoms with E-state index in [2.05, 4.69) is 5.32 Å². The van der Waals surface area contributed by atoms with Gasteiger partial charge in [-0.2, -0.15) is 0 Å². The van der Waals surface area contributed by atoms with Gasteiger partial charge in [0.2, 0.25) is 5.91 Å². The Balaban J connectivity index is 2.19. The van der Waals surface area contributed by atoms with Crippen LogP contribution in [0.2, 0.25) is 0 Å². The minimum absolute atomic E-state index is 0.238. The van der Waals surface area contributed by atoms with E-state index in [-0.39, 0.29) is 11.9 Å². The highest BCUT2D eigenvalue weighted by Gasteiger charge is 2.15. The first-order valence-corrected chi connectivity index (χ1v) is 3.17. The Morgan fingerprint density at radius 3 is 3.00 bits per heavy atom. The van der Waals surface area contributed by atoms with E-state index >= 15 is 0 Å². The molecule has 1 unspecified atom stereocenters. The van der Waals surface area contributed by atoms with Gasteiger partial charge in [-0.1, -0.05) is 0 Å². The fourth-order valence-electron chi connectivity index (χ4n) is 1.05. The van der Waals surface area contributed by atoms with E-state index < -0.39 is 0 Å². The first-order chi connectivity index (χ1) is 4.29. The van der Waals surface area contributed by atoms with Crippen molar-refractivity contribution in [2.75, 3.05) is 6.54 Å². The second-order valence-corrected chi connectivity index (χ2v) is 2.27. The molecule has 3 nitrogen and oxygen atoms in total. The van der Waals surface area contributed by atoms with Crippen LogP contribution >= 0.6 is 0 Å². The molecule has 1 rings (SSSR count). The van der Waals surface area contributed by atoms with E-state index in [0.717, 1.165) is 19.4 Å². The van der Waals surface area contributed by atoms with E-state index in [0.29, 0.717) is 0 Å². The average Bonchev–Trinajstić information content (AvgIpc) is 2.15. The van der Waals surface area contributed by atoms with Gasteiger partial charge in [-0.05, 0) is 19.4 Å². The van der Waals surface area contributed by atoms with Gasteiger partial charge >= 0.3 is 0 Å². The molecule has 9 heavy (non-hydrogen) atoms. The van der Waals surface area contributed by atoms with Crippen molar-refractivity contribution in [3.05, 3.63) is 6.42 Å². The van der Waals surface area contributed by atoms with Gasteiger partial charge < -0.3 is 11.1 Å². The molecule has 1 saturated heterocycles. The zero-order valence-electron chi connectivity index (χ0n) is 5.26. The molecular formula is C6H11N2O. The Morgan fingerprint density at radius 2 is 2.56 bits per heavy atom. The largest absolute Gasteiger partial charge is 0.369 e. The highest BCUT2D eigenvalue weighted by molar-refractivity contribution is 5.83. The van der Waals surface area contributed by atoms with E-state index in [1.165, 1.54) is 6.42 Å². The van der Waals surface area contributed by atoms with Crippen LogP contribution in [0.3, 0.4) is 0 Å². The zero-order chi connectivity index (χ0) is 6.69. The fraction of sp³-hybridized carbons (Fsp3) is 0.667. The molecule has 0 aromatic heterocycles. The first-order valence-electron chi connectivity index (χ1n) is 3.17. The van der Waals surface area contributed by atoms with Gasteiger partial charge in [0, 0.05) is 6.04 Å². The van der Waals surface area contributed by atoms with E-state index in [1.54, 1.807) is 0 Å². The number of rotatable bonds is 2. The Morgan fingerprint density at radius 1 is 1.78 bits per heavy atom. The summed E-state index contributed by atoms with van der Waals surface area (Å²) in [6, 6.07) is 0.238. The number of carbonyl (C=O) groups is 1. The van der Waals surface area contributed by atoms with Crippen molar-refractivity contribution in [3.63, 3.8) is 0 Å². The molecule has 1 aliphatic heterocycles. The molecule has 0 spiro atoms. The van der Waals surface area contributed by atoms with Crippen molar-refractivity contribution >= 4 is 5.91 Å². The number of hydrogen-bond acceptors (Lipinski definition) is 2. The molecule has 1 heterocycles. The summed E-state index contributed by atoms with van der Waals surface area (Å²) in [5.41, 5.74) is 4.94. The third kappa shape index (κ3) is 2.01. The summed E-state index contributed by atoms with van der Waals surface area (Å²) in [7, 11) is 0. The number of primary amides is 1. The van der Waals surface area contributed by atoms with Gasteiger partial charge in [-0.15, -0.1) is 0 Å². The summed E-state index contributed by atoms with van der Waals surface area (Å²) < 4.78 is 0. The summed E-state index contributed by atoms with van der Waals surface area (Å²) in [4.78, 5) is 10.3. The monoisotopic (exact) mass is 127 g/mol. The molecular weight excluding hydrogens is 116 g/mol. The van der Waals surface area contributed by atoms with Crippen LogP contribution in [0.15, 0.2) is 0 Å². The normalized spacial score (nSPS) is 26.4. The highest BCUT2D eigenvalue weighted by Crippen LogP contribution is 2.06. The Labute approximate surface area is 54.6 Å². The van der Waals surface area contributed by atoms with Gasteiger partial charge in [0.05, 0.1) is 6.42 Å². The minimum atomic E-state index is -0.325. The molecule has 0 aromatic rings. The van der Waals surface area contributed by atoms with Gasteiger partial charge in [-0.3, -0.25) is 4.79 Å². The number of amides is 1. The van der Waals surface area contributed by atoms with Gasteiger partial charge in [-0.25, -0.2) is 0 Å². The maximum atomic E-state index is 10.3. The predicted molar refractivity (Wildman–Crippen MR) is 34.5 cm³/mol. The van der Waals surface area contributed by atoms with Crippen LogP contribution in [0, 0.1) is 6.42 Å². The standard InChI is InChI=1S/C6H11N2O/c7-6(9)4-5-2-1-3-8-5/h4-5,8H,1-3H2,(H2,7,9). The molecule has 0 saturated carbocycles. The number of carbonyl (C=O) groups excluding carboxylic acids is 1. The molecule has 0 aliphatic carbocycles. The van der Waals surface area contributed by atoms with Gasteiger partial charge in [0.1, 0.15) is 0 Å². The van der Waals surface area contributed by atoms with E-state index in [4.69, 9.17) is 5.73 Å². The van der Waals surface area contributed by atoms with Crippen molar-refractivity contribution in [3.8, 4) is 0 Å². The number of hydrogen-bond donors (Lipinski definition) is 2. The van der Waals surface area contributed by atoms with Crippen LogP contribution in [0.4, 0.5) is 0 Å². The van der Waals surface area contributed by atoms with Crippen molar-refractivity contribution < 1.29 is 4.79 Å². The molecule has 1 fully saturated rings. The minimum Gasteiger partial charge on any atom is -0.369 e. The van der Waals surface area contributed by atoms with Crippen molar-refractivity contribution in [1.82, 2.24) is 5.32 Å². The lowest BCUT2D eigenvalue weighted by atomic mass is 10.1. The van der Waals surface area contributed by atoms with E-state index in [9.17, 15) is 4.79 Å². The summed E-state index contributed by atoms with van der Waals surface area (Å²) in [6.07, 6.45) is 3.73.